The lowest BCUT2D eigenvalue weighted by Crippen LogP contribution is -2.51. The summed E-state index contributed by atoms with van der Waals surface area (Å²) in [6, 6.07) is 0.914. The van der Waals surface area contributed by atoms with E-state index in [9.17, 15) is 18.0 Å². The average molecular weight is 405 g/mol. The van der Waals surface area contributed by atoms with Crippen molar-refractivity contribution in [3.8, 4) is 0 Å². The molecule has 3 rings (SSSR count). The Kier molecular flexibility index (Phi) is 6.15. The fourth-order valence-corrected chi connectivity index (χ4v) is 3.93. The van der Waals surface area contributed by atoms with Crippen LogP contribution in [0.2, 0.25) is 5.02 Å². The number of nitrogens with zero attached hydrogens (tertiary/aromatic N) is 4. The first-order valence-corrected chi connectivity index (χ1v) is 9.59. The zero-order chi connectivity index (χ0) is 19.6. The maximum Gasteiger partial charge on any atom is 0.417 e. The number of carbonyl (C=O) groups excluding carboxylic acids is 1. The summed E-state index contributed by atoms with van der Waals surface area (Å²) in [6.07, 6.45) is -1.42. The molecule has 2 aliphatic rings. The molecular formula is C18H24ClF3N4O. The van der Waals surface area contributed by atoms with Crippen LogP contribution >= 0.6 is 11.6 Å². The van der Waals surface area contributed by atoms with Gasteiger partial charge in [0.25, 0.3) is 0 Å². The Bertz CT molecular complexity index is 677. The van der Waals surface area contributed by atoms with Crippen LogP contribution in [-0.2, 0) is 11.0 Å². The van der Waals surface area contributed by atoms with E-state index in [2.05, 4.69) is 16.8 Å². The van der Waals surface area contributed by atoms with Crippen molar-refractivity contribution < 1.29 is 18.0 Å². The lowest BCUT2D eigenvalue weighted by Gasteiger charge is -2.37. The molecule has 9 heteroatoms. The van der Waals surface area contributed by atoms with E-state index >= 15 is 0 Å². The van der Waals surface area contributed by atoms with Gasteiger partial charge in [-0.1, -0.05) is 18.5 Å². The van der Waals surface area contributed by atoms with Crippen LogP contribution in [0.25, 0.3) is 0 Å². The molecule has 27 heavy (non-hydrogen) atoms. The molecular weight excluding hydrogens is 381 g/mol. The number of anilines is 1. The smallest absolute Gasteiger partial charge is 0.353 e. The van der Waals surface area contributed by atoms with Crippen LogP contribution < -0.4 is 4.90 Å². The molecule has 1 aromatic heterocycles. The number of pyridine rings is 1. The van der Waals surface area contributed by atoms with Crippen LogP contribution in [0.1, 0.15) is 25.3 Å². The lowest BCUT2D eigenvalue weighted by atomic mass is 10.0. The summed E-state index contributed by atoms with van der Waals surface area (Å²) < 4.78 is 38.2. The number of likely N-dealkylation sites (tertiary alicyclic amines) is 1. The molecule has 0 bridgehead atoms. The highest BCUT2D eigenvalue weighted by atomic mass is 35.5. The molecule has 1 atom stereocenters. The molecule has 0 saturated carbocycles. The first-order valence-electron chi connectivity index (χ1n) is 9.22. The molecule has 150 valence electrons. The third-order valence-electron chi connectivity index (χ3n) is 5.19. The molecule has 2 saturated heterocycles. The van der Waals surface area contributed by atoms with Crippen LogP contribution in [0.5, 0.6) is 0 Å². The van der Waals surface area contributed by atoms with Crippen molar-refractivity contribution in [1.82, 2.24) is 14.8 Å². The van der Waals surface area contributed by atoms with E-state index in [-0.39, 0.29) is 10.9 Å². The normalized spacial score (nSPS) is 22.2. The molecule has 0 aliphatic carbocycles. The Morgan fingerprint density at radius 1 is 1.26 bits per heavy atom. The minimum Gasteiger partial charge on any atom is -0.353 e. The second-order valence-corrected chi connectivity index (χ2v) is 7.78. The maximum atomic E-state index is 12.7. The minimum absolute atomic E-state index is 0.00310. The molecule has 0 radical (unpaired) electrons. The Labute approximate surface area is 162 Å². The van der Waals surface area contributed by atoms with Crippen LogP contribution in [-0.4, -0.2) is 66.5 Å². The van der Waals surface area contributed by atoms with Crippen LogP contribution in [0.15, 0.2) is 12.3 Å². The quantitative estimate of drug-likeness (QED) is 0.776. The van der Waals surface area contributed by atoms with Gasteiger partial charge in [0, 0.05) is 45.5 Å². The van der Waals surface area contributed by atoms with Gasteiger partial charge >= 0.3 is 6.18 Å². The first kappa shape index (κ1) is 20.2. The Morgan fingerprint density at radius 3 is 2.56 bits per heavy atom. The van der Waals surface area contributed by atoms with Crippen molar-refractivity contribution in [1.29, 1.82) is 0 Å². The summed E-state index contributed by atoms with van der Waals surface area (Å²) in [6.45, 7) is 6.64. The number of rotatable bonds is 3. The van der Waals surface area contributed by atoms with E-state index < -0.39 is 11.7 Å². The van der Waals surface area contributed by atoms with Crippen molar-refractivity contribution in [2.24, 2.45) is 5.92 Å². The van der Waals surface area contributed by atoms with E-state index in [1.165, 1.54) is 6.42 Å². The summed E-state index contributed by atoms with van der Waals surface area (Å²) >= 11 is 6.03. The summed E-state index contributed by atoms with van der Waals surface area (Å²) in [5, 5.41) is -0.00310. The lowest BCUT2D eigenvalue weighted by molar-refractivity contribution is -0.137. The monoisotopic (exact) mass is 404 g/mol. The van der Waals surface area contributed by atoms with Gasteiger partial charge in [0.05, 0.1) is 17.1 Å². The number of hydrogen-bond acceptors (Lipinski definition) is 4. The predicted octanol–water partition coefficient (Wildman–Crippen LogP) is 3.13. The van der Waals surface area contributed by atoms with E-state index in [0.29, 0.717) is 44.5 Å². The van der Waals surface area contributed by atoms with Gasteiger partial charge in [-0.25, -0.2) is 4.98 Å². The number of alkyl halides is 3. The third kappa shape index (κ3) is 5.04. The fourth-order valence-electron chi connectivity index (χ4n) is 3.64. The molecule has 3 heterocycles. The number of halogens is 4. The summed E-state index contributed by atoms with van der Waals surface area (Å²) in [7, 11) is 0. The van der Waals surface area contributed by atoms with Gasteiger partial charge in [0.15, 0.2) is 0 Å². The highest BCUT2D eigenvalue weighted by Gasteiger charge is 2.32. The number of amides is 1. The molecule has 0 spiro atoms. The van der Waals surface area contributed by atoms with Gasteiger partial charge in [-0.2, -0.15) is 13.2 Å². The molecule has 0 aromatic carbocycles. The van der Waals surface area contributed by atoms with E-state index in [1.807, 2.05) is 9.80 Å². The topological polar surface area (TPSA) is 39.7 Å². The average Bonchev–Trinajstić information content (AvgIpc) is 2.61. The highest BCUT2D eigenvalue weighted by Crippen LogP contribution is 2.33. The van der Waals surface area contributed by atoms with Crippen LogP contribution in [0.3, 0.4) is 0 Å². The maximum absolute atomic E-state index is 12.7. The van der Waals surface area contributed by atoms with Gasteiger partial charge in [0.2, 0.25) is 5.91 Å². The Hall–Kier alpha value is -1.54. The fraction of sp³-hybridized carbons (Fsp3) is 0.667. The third-order valence-corrected chi connectivity index (χ3v) is 5.47. The van der Waals surface area contributed by atoms with Crippen molar-refractivity contribution in [2.75, 3.05) is 50.7 Å². The largest absolute Gasteiger partial charge is 0.417 e. The zero-order valence-corrected chi connectivity index (χ0v) is 16.1. The van der Waals surface area contributed by atoms with Gasteiger partial charge in [-0.15, -0.1) is 0 Å². The molecule has 1 amide bonds. The summed E-state index contributed by atoms with van der Waals surface area (Å²) in [5.41, 5.74) is -0.851. The first-order chi connectivity index (χ1) is 12.7. The molecule has 1 aromatic rings. The van der Waals surface area contributed by atoms with Gasteiger partial charge < -0.3 is 9.80 Å². The number of hydrogen-bond donors (Lipinski definition) is 0. The molecule has 2 aliphatic heterocycles. The van der Waals surface area contributed by atoms with Crippen molar-refractivity contribution in [3.05, 3.63) is 22.8 Å². The second kappa shape index (κ2) is 8.22. The Balaban J connectivity index is 1.54. The van der Waals surface area contributed by atoms with Crippen molar-refractivity contribution >= 4 is 23.3 Å². The van der Waals surface area contributed by atoms with Crippen molar-refractivity contribution in [3.63, 3.8) is 0 Å². The summed E-state index contributed by atoms with van der Waals surface area (Å²) in [4.78, 5) is 22.3. The second-order valence-electron chi connectivity index (χ2n) is 7.38. The van der Waals surface area contributed by atoms with Crippen LogP contribution in [0, 0.1) is 5.92 Å². The number of carbonyl (C=O) groups is 1. The standard InChI is InChI=1S/C18H24ClF3N4O/c1-13-3-2-4-26(11-13)16(27)12-24-5-7-25(8-6-24)17-15(19)9-14(10-23-17)18(20,21)22/h9-10,13H,2-8,11-12H2,1H3. The number of aromatic nitrogens is 1. The molecule has 1 unspecified atom stereocenters. The zero-order valence-electron chi connectivity index (χ0n) is 15.3. The Morgan fingerprint density at radius 2 is 1.96 bits per heavy atom. The van der Waals surface area contributed by atoms with Crippen LogP contribution in [0.4, 0.5) is 19.0 Å². The number of piperidine rings is 1. The predicted molar refractivity (Wildman–Crippen MR) is 97.9 cm³/mol. The molecule has 2 fully saturated rings. The van der Waals surface area contributed by atoms with Crippen molar-refractivity contribution in [2.45, 2.75) is 25.9 Å². The van der Waals surface area contributed by atoms with E-state index in [1.54, 1.807) is 0 Å². The van der Waals surface area contributed by atoms with E-state index in [0.717, 1.165) is 31.8 Å². The molecule has 5 nitrogen and oxygen atoms in total. The summed E-state index contributed by atoms with van der Waals surface area (Å²) in [5.74, 6) is 1.06. The molecule has 0 N–H and O–H groups in total. The van der Waals surface area contributed by atoms with E-state index in [4.69, 9.17) is 11.6 Å². The SMILES string of the molecule is CC1CCCN(C(=O)CN2CCN(c3ncc(C(F)(F)F)cc3Cl)CC2)C1. The number of piperazine rings is 1. The van der Waals surface area contributed by atoms with Gasteiger partial charge in [-0.05, 0) is 24.8 Å². The van der Waals surface area contributed by atoms with Gasteiger partial charge in [0.1, 0.15) is 5.82 Å². The highest BCUT2D eigenvalue weighted by molar-refractivity contribution is 6.33. The minimum atomic E-state index is -4.46. The van der Waals surface area contributed by atoms with Gasteiger partial charge in [-0.3, -0.25) is 9.69 Å².